The Morgan fingerprint density at radius 2 is 1.77 bits per heavy atom. The molecule has 0 bridgehead atoms. The first kappa shape index (κ1) is 17.6. The first-order chi connectivity index (χ1) is 10.4. The predicted molar refractivity (Wildman–Crippen MR) is 90.6 cm³/mol. The maximum atomic E-state index is 12.7. The Hall–Kier alpha value is -0.740. The van der Waals surface area contributed by atoms with Crippen LogP contribution in [0, 0.1) is 0 Å². The van der Waals surface area contributed by atoms with Crippen LogP contribution in [0.15, 0.2) is 39.2 Å². The highest BCUT2D eigenvalue weighted by Gasteiger charge is 2.31. The number of sulfonamides is 1. The first-order valence-corrected chi connectivity index (χ1v) is 11.6. The van der Waals surface area contributed by atoms with Crippen LogP contribution in [0.2, 0.25) is 0 Å². The Kier molecular flexibility index (Phi) is 5.78. The summed E-state index contributed by atoms with van der Waals surface area (Å²) in [7, 11) is -7.07. The van der Waals surface area contributed by atoms with Crippen molar-refractivity contribution < 1.29 is 16.8 Å². The Balaban J connectivity index is 2.30. The van der Waals surface area contributed by atoms with Gasteiger partial charge in [-0.15, -0.1) is 22.7 Å². The molecule has 0 fully saturated rings. The lowest BCUT2D eigenvalue weighted by Gasteiger charge is -2.16. The highest BCUT2D eigenvalue weighted by atomic mass is 32.2. The second kappa shape index (κ2) is 7.22. The summed E-state index contributed by atoms with van der Waals surface area (Å²) < 4.78 is 51.8. The molecule has 22 heavy (non-hydrogen) atoms. The molecular formula is C13H17NO4S4. The van der Waals surface area contributed by atoms with Gasteiger partial charge < -0.3 is 0 Å². The van der Waals surface area contributed by atoms with Gasteiger partial charge in [0.15, 0.2) is 9.84 Å². The zero-order valence-electron chi connectivity index (χ0n) is 11.9. The third-order valence-electron chi connectivity index (χ3n) is 2.97. The van der Waals surface area contributed by atoms with Crippen molar-refractivity contribution in [3.05, 3.63) is 39.9 Å². The van der Waals surface area contributed by atoms with Crippen LogP contribution < -0.4 is 4.72 Å². The second-order valence-electron chi connectivity index (χ2n) is 4.65. The van der Waals surface area contributed by atoms with Gasteiger partial charge in [-0.25, -0.2) is 21.6 Å². The van der Waals surface area contributed by atoms with Gasteiger partial charge in [-0.1, -0.05) is 19.1 Å². The average Bonchev–Trinajstić information content (AvgIpc) is 3.12. The number of thiophene rings is 2. The maximum absolute atomic E-state index is 12.7. The van der Waals surface area contributed by atoms with Gasteiger partial charge in [-0.2, -0.15) is 0 Å². The lowest BCUT2D eigenvalue weighted by molar-refractivity contribution is 0.570. The van der Waals surface area contributed by atoms with Gasteiger partial charge >= 0.3 is 0 Å². The first-order valence-electron chi connectivity index (χ1n) is 6.65. The molecule has 0 aliphatic carbocycles. The van der Waals surface area contributed by atoms with Gasteiger partial charge in [-0.3, -0.25) is 0 Å². The summed E-state index contributed by atoms with van der Waals surface area (Å²) in [6.45, 7) is 1.61. The van der Waals surface area contributed by atoms with Crippen LogP contribution >= 0.6 is 22.7 Å². The highest BCUT2D eigenvalue weighted by molar-refractivity contribution is 7.94. The summed E-state index contributed by atoms with van der Waals surface area (Å²) in [6.07, 6.45) is 0.483. The van der Waals surface area contributed by atoms with E-state index in [2.05, 4.69) is 4.72 Å². The molecule has 1 atom stereocenters. The minimum Gasteiger partial charge on any atom is -0.222 e. The van der Waals surface area contributed by atoms with E-state index in [1.807, 2.05) is 0 Å². The summed E-state index contributed by atoms with van der Waals surface area (Å²) in [5.74, 6) is -0.0107. The van der Waals surface area contributed by atoms with Crippen LogP contribution in [0.25, 0.3) is 0 Å². The van der Waals surface area contributed by atoms with E-state index >= 15 is 0 Å². The van der Waals surface area contributed by atoms with E-state index in [1.54, 1.807) is 41.9 Å². The van der Waals surface area contributed by atoms with Crippen LogP contribution in [0.5, 0.6) is 0 Å². The van der Waals surface area contributed by atoms with E-state index in [9.17, 15) is 16.8 Å². The quantitative estimate of drug-likeness (QED) is 0.765. The van der Waals surface area contributed by atoms with Crippen molar-refractivity contribution >= 4 is 42.5 Å². The van der Waals surface area contributed by atoms with E-state index in [-0.39, 0.29) is 16.5 Å². The summed E-state index contributed by atoms with van der Waals surface area (Å²) in [4.78, 5) is 0.632. The minimum absolute atomic E-state index is 0.0107. The van der Waals surface area contributed by atoms with Gasteiger partial charge in [0, 0.05) is 11.4 Å². The number of hydrogen-bond donors (Lipinski definition) is 1. The minimum atomic E-state index is -3.62. The molecule has 0 aliphatic rings. The van der Waals surface area contributed by atoms with Crippen molar-refractivity contribution in [1.29, 1.82) is 0 Å². The molecule has 1 unspecified atom stereocenters. The second-order valence-corrected chi connectivity index (χ2v) is 10.9. The molecule has 9 heteroatoms. The molecule has 0 spiro atoms. The molecule has 0 radical (unpaired) electrons. The fourth-order valence-corrected chi connectivity index (χ4v) is 7.14. The van der Waals surface area contributed by atoms with Crippen LogP contribution in [-0.2, 0) is 19.9 Å². The van der Waals surface area contributed by atoms with Gasteiger partial charge in [0.05, 0.1) is 5.75 Å². The van der Waals surface area contributed by atoms with Gasteiger partial charge in [0.25, 0.3) is 0 Å². The Labute approximate surface area is 139 Å². The molecule has 122 valence electrons. The topological polar surface area (TPSA) is 80.3 Å². The number of sulfone groups is 1. The standard InChI is InChI=1S/C13H17NO4S4/c1-2-9-21(15,16)14-10-12(11-5-3-7-19-11)22(17,18)13-6-4-8-20-13/h3-8,12,14H,2,9-10H2,1H3. The molecule has 2 heterocycles. The van der Waals surface area contributed by atoms with Crippen LogP contribution in [0.3, 0.4) is 0 Å². The average molecular weight is 380 g/mol. The van der Waals surface area contributed by atoms with E-state index in [0.29, 0.717) is 11.3 Å². The van der Waals surface area contributed by atoms with E-state index in [1.165, 1.54) is 11.3 Å². The van der Waals surface area contributed by atoms with Crippen molar-refractivity contribution in [2.24, 2.45) is 0 Å². The van der Waals surface area contributed by atoms with E-state index in [0.717, 1.165) is 11.3 Å². The molecule has 0 amide bonds. The van der Waals surface area contributed by atoms with E-state index in [4.69, 9.17) is 0 Å². The lowest BCUT2D eigenvalue weighted by Crippen LogP contribution is -2.32. The Morgan fingerprint density at radius 1 is 1.09 bits per heavy atom. The maximum Gasteiger partial charge on any atom is 0.211 e. The Morgan fingerprint density at radius 3 is 2.32 bits per heavy atom. The van der Waals surface area contributed by atoms with Crippen molar-refractivity contribution in [3.8, 4) is 0 Å². The fraction of sp³-hybridized carbons (Fsp3) is 0.385. The molecule has 0 saturated heterocycles. The van der Waals surface area contributed by atoms with Crippen LogP contribution in [0.4, 0.5) is 0 Å². The molecule has 2 rings (SSSR count). The summed E-state index contributed by atoms with van der Waals surface area (Å²) in [6, 6.07) is 6.69. The van der Waals surface area contributed by atoms with Crippen LogP contribution in [0.1, 0.15) is 23.5 Å². The van der Waals surface area contributed by atoms with Crippen molar-refractivity contribution in [3.63, 3.8) is 0 Å². The summed E-state index contributed by atoms with van der Waals surface area (Å²) in [5.41, 5.74) is 0. The third kappa shape index (κ3) is 4.17. The predicted octanol–water partition coefficient (Wildman–Crippen LogP) is 2.65. The fourth-order valence-electron chi connectivity index (χ4n) is 1.95. The molecule has 5 nitrogen and oxygen atoms in total. The molecule has 0 aliphatic heterocycles. The number of rotatable bonds is 8. The normalized spacial score (nSPS) is 14.0. The summed E-state index contributed by atoms with van der Waals surface area (Å²) >= 11 is 2.45. The van der Waals surface area contributed by atoms with Crippen molar-refractivity contribution in [2.75, 3.05) is 12.3 Å². The molecule has 0 aromatic carbocycles. The summed E-state index contributed by atoms with van der Waals surface area (Å²) in [5, 5.41) is 2.57. The largest absolute Gasteiger partial charge is 0.222 e. The lowest BCUT2D eigenvalue weighted by atomic mass is 10.3. The molecule has 2 aromatic heterocycles. The molecule has 2 aromatic rings. The highest BCUT2D eigenvalue weighted by Crippen LogP contribution is 2.33. The van der Waals surface area contributed by atoms with Gasteiger partial charge in [-0.05, 0) is 29.3 Å². The van der Waals surface area contributed by atoms with Crippen molar-refractivity contribution in [1.82, 2.24) is 4.72 Å². The monoisotopic (exact) mass is 379 g/mol. The zero-order chi connectivity index (χ0) is 16.2. The number of hydrogen-bond acceptors (Lipinski definition) is 6. The van der Waals surface area contributed by atoms with Gasteiger partial charge in [0.2, 0.25) is 10.0 Å². The molecular weight excluding hydrogens is 362 g/mol. The zero-order valence-corrected chi connectivity index (χ0v) is 15.2. The Bertz CT molecular complexity index is 777. The van der Waals surface area contributed by atoms with Crippen LogP contribution in [-0.4, -0.2) is 29.1 Å². The SMILES string of the molecule is CCCS(=O)(=O)NCC(c1cccs1)S(=O)(=O)c1cccs1. The molecule has 0 saturated carbocycles. The smallest absolute Gasteiger partial charge is 0.211 e. The van der Waals surface area contributed by atoms with Gasteiger partial charge in [0.1, 0.15) is 9.46 Å². The van der Waals surface area contributed by atoms with Crippen molar-refractivity contribution in [2.45, 2.75) is 22.8 Å². The molecule has 1 N–H and O–H groups in total. The van der Waals surface area contributed by atoms with E-state index < -0.39 is 25.1 Å². The third-order valence-corrected chi connectivity index (χ3v) is 9.17. The number of nitrogens with one attached hydrogen (secondary N) is 1.